The van der Waals surface area contributed by atoms with Gasteiger partial charge in [0.15, 0.2) is 0 Å². The summed E-state index contributed by atoms with van der Waals surface area (Å²) in [6.07, 6.45) is -2.44. The van der Waals surface area contributed by atoms with Gasteiger partial charge in [-0.15, -0.1) is 0 Å². The van der Waals surface area contributed by atoms with Crippen molar-refractivity contribution in [1.82, 2.24) is 10.6 Å². The fourth-order valence-electron chi connectivity index (χ4n) is 3.46. The first-order valence-electron chi connectivity index (χ1n) is 8.75. The first-order chi connectivity index (χ1) is 12.5. The third kappa shape index (κ3) is 4.37. The molecule has 2 aromatic carbocycles. The monoisotopic (exact) mass is 364 g/mol. The first kappa shape index (κ1) is 18.7. The minimum absolute atomic E-state index is 0.0529. The van der Waals surface area contributed by atoms with Crippen LogP contribution in [0.3, 0.4) is 0 Å². The number of hydrogen-bond donors (Lipinski definition) is 2. The van der Waals surface area contributed by atoms with Gasteiger partial charge in [0.05, 0.1) is 12.7 Å². The lowest BCUT2D eigenvalue weighted by molar-refractivity contribution is -0.137. The number of alkyl halides is 3. The highest BCUT2D eigenvalue weighted by atomic mass is 19.4. The third-order valence-corrected chi connectivity index (χ3v) is 4.78. The second kappa shape index (κ2) is 8.10. The molecule has 26 heavy (non-hydrogen) atoms. The van der Waals surface area contributed by atoms with E-state index in [4.69, 9.17) is 4.74 Å². The van der Waals surface area contributed by atoms with E-state index in [1.165, 1.54) is 12.1 Å². The van der Waals surface area contributed by atoms with Crippen LogP contribution < -0.4 is 15.4 Å². The van der Waals surface area contributed by atoms with Crippen LogP contribution in [0.15, 0.2) is 48.5 Å². The van der Waals surface area contributed by atoms with Gasteiger partial charge in [-0.2, -0.15) is 13.2 Å². The fraction of sp³-hybridized carbons (Fsp3) is 0.400. The maximum Gasteiger partial charge on any atom is 0.416 e. The predicted octanol–water partition coefficient (Wildman–Crippen LogP) is 4.30. The summed E-state index contributed by atoms with van der Waals surface area (Å²) in [7, 11) is 1.63. The van der Waals surface area contributed by atoms with Crippen LogP contribution >= 0.6 is 0 Å². The number of para-hydroxylation sites is 1. The van der Waals surface area contributed by atoms with Crippen molar-refractivity contribution in [3.8, 4) is 5.75 Å². The molecule has 0 saturated carbocycles. The highest BCUT2D eigenvalue weighted by Crippen LogP contribution is 2.32. The Hall–Kier alpha value is -2.05. The van der Waals surface area contributed by atoms with Crippen LogP contribution in [0.5, 0.6) is 5.75 Å². The van der Waals surface area contributed by atoms with Gasteiger partial charge in [0.25, 0.3) is 0 Å². The lowest BCUT2D eigenvalue weighted by atomic mass is 9.91. The summed E-state index contributed by atoms with van der Waals surface area (Å²) < 4.78 is 44.5. The molecule has 0 spiro atoms. The molecule has 3 rings (SSSR count). The Balaban J connectivity index is 1.76. The molecule has 2 N–H and O–H groups in total. The molecule has 1 aliphatic heterocycles. The molecule has 2 atom stereocenters. The maximum atomic E-state index is 13.0. The maximum absolute atomic E-state index is 13.0. The van der Waals surface area contributed by atoms with Gasteiger partial charge < -0.3 is 15.4 Å². The van der Waals surface area contributed by atoms with Gasteiger partial charge in [-0.3, -0.25) is 0 Å². The molecule has 2 aromatic rings. The average molecular weight is 364 g/mol. The van der Waals surface area contributed by atoms with Gasteiger partial charge in [0, 0.05) is 24.2 Å². The Labute approximate surface area is 151 Å². The van der Waals surface area contributed by atoms with E-state index >= 15 is 0 Å². The summed E-state index contributed by atoms with van der Waals surface area (Å²) in [5.41, 5.74) is 1.09. The van der Waals surface area contributed by atoms with Crippen molar-refractivity contribution < 1.29 is 17.9 Å². The molecule has 0 radical (unpaired) electrons. The van der Waals surface area contributed by atoms with Gasteiger partial charge in [-0.25, -0.2) is 0 Å². The van der Waals surface area contributed by atoms with E-state index in [1.807, 2.05) is 24.3 Å². The SMILES string of the molecule is COc1ccccc1CNC1CCCNC1c1cccc(C(F)(F)F)c1. The van der Waals surface area contributed by atoms with Crippen LogP contribution in [0.2, 0.25) is 0 Å². The van der Waals surface area contributed by atoms with Crippen LogP contribution in [0.1, 0.15) is 35.6 Å². The molecule has 3 nitrogen and oxygen atoms in total. The Morgan fingerprint density at radius 1 is 1.15 bits per heavy atom. The van der Waals surface area contributed by atoms with Crippen molar-refractivity contribution in [2.24, 2.45) is 0 Å². The van der Waals surface area contributed by atoms with Gasteiger partial charge >= 0.3 is 6.18 Å². The molecule has 2 unspecified atom stereocenters. The van der Waals surface area contributed by atoms with Crippen LogP contribution in [-0.2, 0) is 12.7 Å². The first-order valence-corrected chi connectivity index (χ1v) is 8.75. The van der Waals surface area contributed by atoms with E-state index in [-0.39, 0.29) is 12.1 Å². The topological polar surface area (TPSA) is 33.3 Å². The van der Waals surface area contributed by atoms with Gasteiger partial charge in [0.1, 0.15) is 5.75 Å². The van der Waals surface area contributed by atoms with E-state index < -0.39 is 11.7 Å². The van der Waals surface area contributed by atoms with Gasteiger partial charge in [-0.1, -0.05) is 30.3 Å². The minimum Gasteiger partial charge on any atom is -0.496 e. The van der Waals surface area contributed by atoms with Crippen molar-refractivity contribution in [2.75, 3.05) is 13.7 Å². The number of rotatable bonds is 5. The lowest BCUT2D eigenvalue weighted by Crippen LogP contribution is -2.45. The molecule has 0 bridgehead atoms. The van der Waals surface area contributed by atoms with Crippen molar-refractivity contribution >= 4 is 0 Å². The zero-order valence-electron chi connectivity index (χ0n) is 14.6. The summed E-state index contributed by atoms with van der Waals surface area (Å²) >= 11 is 0. The van der Waals surface area contributed by atoms with Crippen LogP contribution in [0.4, 0.5) is 13.2 Å². The molecule has 1 aliphatic rings. The summed E-state index contributed by atoms with van der Waals surface area (Å²) in [6.45, 7) is 1.40. The summed E-state index contributed by atoms with van der Waals surface area (Å²) in [6, 6.07) is 13.3. The Kier molecular flexibility index (Phi) is 5.84. The molecule has 0 amide bonds. The van der Waals surface area contributed by atoms with Crippen LogP contribution in [0.25, 0.3) is 0 Å². The fourth-order valence-corrected chi connectivity index (χ4v) is 3.46. The van der Waals surface area contributed by atoms with Crippen molar-refractivity contribution in [3.05, 3.63) is 65.2 Å². The molecule has 0 aliphatic carbocycles. The molecular formula is C20H23F3N2O. The van der Waals surface area contributed by atoms with Crippen molar-refractivity contribution in [3.63, 3.8) is 0 Å². The molecule has 140 valence electrons. The Morgan fingerprint density at radius 2 is 1.96 bits per heavy atom. The standard InChI is InChI=1S/C20H23F3N2O/c1-26-18-10-3-2-6-15(18)13-25-17-9-5-11-24-19(17)14-7-4-8-16(12-14)20(21,22)23/h2-4,6-8,10,12,17,19,24-25H,5,9,11,13H2,1H3. The normalized spacial score (nSPS) is 20.8. The minimum atomic E-state index is -4.33. The number of ether oxygens (including phenoxy) is 1. The van der Waals surface area contributed by atoms with E-state index in [2.05, 4.69) is 10.6 Å². The molecule has 1 heterocycles. The van der Waals surface area contributed by atoms with Crippen LogP contribution in [-0.4, -0.2) is 19.7 Å². The quantitative estimate of drug-likeness (QED) is 0.830. The number of hydrogen-bond acceptors (Lipinski definition) is 3. The molecule has 1 saturated heterocycles. The number of methoxy groups -OCH3 is 1. The van der Waals surface area contributed by atoms with Crippen molar-refractivity contribution in [2.45, 2.75) is 37.6 Å². The molecule has 0 aromatic heterocycles. The summed E-state index contributed by atoms with van der Waals surface area (Å²) in [5, 5.41) is 6.86. The van der Waals surface area contributed by atoms with Crippen molar-refractivity contribution in [1.29, 1.82) is 0 Å². The average Bonchev–Trinajstić information content (AvgIpc) is 2.66. The summed E-state index contributed by atoms with van der Waals surface area (Å²) in [5.74, 6) is 0.805. The third-order valence-electron chi connectivity index (χ3n) is 4.78. The number of halogens is 3. The number of piperidine rings is 1. The van der Waals surface area contributed by atoms with Crippen LogP contribution in [0, 0.1) is 0 Å². The smallest absolute Gasteiger partial charge is 0.416 e. The number of benzene rings is 2. The Bertz CT molecular complexity index is 733. The molecular weight excluding hydrogens is 341 g/mol. The second-order valence-electron chi connectivity index (χ2n) is 6.50. The van der Waals surface area contributed by atoms with E-state index in [0.717, 1.165) is 36.8 Å². The summed E-state index contributed by atoms with van der Waals surface area (Å²) in [4.78, 5) is 0. The highest BCUT2D eigenvalue weighted by molar-refractivity contribution is 5.33. The van der Waals surface area contributed by atoms with E-state index in [1.54, 1.807) is 13.2 Å². The van der Waals surface area contributed by atoms with Gasteiger partial charge in [-0.05, 0) is 43.1 Å². The van der Waals surface area contributed by atoms with E-state index in [9.17, 15) is 13.2 Å². The zero-order valence-corrected chi connectivity index (χ0v) is 14.6. The largest absolute Gasteiger partial charge is 0.496 e. The predicted molar refractivity (Wildman–Crippen MR) is 95.0 cm³/mol. The second-order valence-corrected chi connectivity index (χ2v) is 6.50. The molecule has 6 heteroatoms. The number of nitrogens with one attached hydrogen (secondary N) is 2. The van der Waals surface area contributed by atoms with Gasteiger partial charge in [0.2, 0.25) is 0 Å². The lowest BCUT2D eigenvalue weighted by Gasteiger charge is -2.34. The Morgan fingerprint density at radius 3 is 2.73 bits per heavy atom. The zero-order chi connectivity index (χ0) is 18.6. The van der Waals surface area contributed by atoms with E-state index in [0.29, 0.717) is 12.1 Å². The molecule has 1 fully saturated rings. The highest BCUT2D eigenvalue weighted by Gasteiger charge is 2.32.